The quantitative estimate of drug-likeness (QED) is 0.0176. The van der Waals surface area contributed by atoms with Crippen LogP contribution in [0.15, 0.2) is 59.4 Å². The van der Waals surface area contributed by atoms with Gasteiger partial charge in [0.15, 0.2) is 5.60 Å². The van der Waals surface area contributed by atoms with Crippen LogP contribution < -0.4 is 42.8 Å². The van der Waals surface area contributed by atoms with Crippen LogP contribution in [-0.2, 0) is 93.8 Å². The third-order valence-electron chi connectivity index (χ3n) is 15.7. The molecule has 0 bridgehead atoms. The number of cyclic esters (lactones) is 1. The standard InChI is InChI=1S/C57H61FN10O17/c1-3-57(83)33-18-39-49-31(24-67(39)54(79)32(33)25-84-56(57)82)48-35(12-11-30-27(2)34(58)19-37(65-49)47(30)48)66-53(78)50(29-9-10-29)85-26-63-42(70)22-61-51(76)38(17-28-7-5-4-6-8-28)64-43(71)23-60-41(69)21-62-52(77)40(68-44(72)14-15-45(68)73)20-59-36(55(80)81)13-16-46(74)75/h4-8,14-15,18-19,29,35-36,38,40,50,59,83H,3,9-13,16-17,20-26H2,1-2H3,(H,60,69)(H,61,76)(H,62,77)(H,63,70)(H,64,71)(H,66,78)(H,74,75)(H,80,81)/t35-,36-,38-,40-,50-,57-/m0/s1. The second-order valence-corrected chi connectivity index (χ2v) is 21.2. The third kappa shape index (κ3) is 12.9. The van der Waals surface area contributed by atoms with Crippen molar-refractivity contribution in [2.75, 3.05) is 32.9 Å². The van der Waals surface area contributed by atoms with Gasteiger partial charge >= 0.3 is 17.9 Å². The largest absolute Gasteiger partial charge is 0.481 e. The highest BCUT2D eigenvalue weighted by Crippen LogP contribution is 2.46. The van der Waals surface area contributed by atoms with Crippen LogP contribution in [0.4, 0.5) is 4.39 Å². The number of aromatic nitrogens is 2. The molecule has 8 amide bonds. The van der Waals surface area contributed by atoms with Gasteiger partial charge in [0.25, 0.3) is 17.4 Å². The zero-order valence-electron chi connectivity index (χ0n) is 46.0. The first-order valence-electron chi connectivity index (χ1n) is 27.5. The van der Waals surface area contributed by atoms with Crippen LogP contribution in [0.2, 0.25) is 0 Å². The Hall–Kier alpha value is -9.28. The summed E-state index contributed by atoms with van der Waals surface area (Å²) >= 11 is 0. The van der Waals surface area contributed by atoms with Crippen molar-refractivity contribution < 1.29 is 81.9 Å². The van der Waals surface area contributed by atoms with Crippen molar-refractivity contribution in [2.24, 2.45) is 5.92 Å². The molecule has 85 heavy (non-hydrogen) atoms. The van der Waals surface area contributed by atoms with E-state index in [-0.39, 0.29) is 43.0 Å². The molecular formula is C57H61FN10O17. The number of benzene rings is 2. The van der Waals surface area contributed by atoms with Crippen molar-refractivity contribution in [1.82, 2.24) is 51.7 Å². The van der Waals surface area contributed by atoms with Gasteiger partial charge in [0.2, 0.25) is 35.4 Å². The maximum atomic E-state index is 15.5. The lowest BCUT2D eigenvalue weighted by molar-refractivity contribution is -0.172. The van der Waals surface area contributed by atoms with Crippen LogP contribution in [0.1, 0.15) is 90.4 Å². The Kier molecular flexibility index (Phi) is 17.9. The monoisotopic (exact) mass is 1180 g/mol. The molecule has 4 aromatic rings. The second-order valence-electron chi connectivity index (χ2n) is 21.2. The van der Waals surface area contributed by atoms with E-state index in [1.54, 1.807) is 50.2 Å². The molecule has 0 unspecified atom stereocenters. The van der Waals surface area contributed by atoms with Gasteiger partial charge in [-0.05, 0) is 79.7 Å². The molecule has 6 atom stereocenters. The molecule has 9 rings (SSSR count). The topological polar surface area (TPSA) is 389 Å². The number of carboxylic acids is 2. The fourth-order valence-electron chi connectivity index (χ4n) is 11.0. The Morgan fingerprint density at radius 2 is 1.52 bits per heavy atom. The number of carbonyl (C=O) groups excluding carboxylic acids is 9. The minimum absolute atomic E-state index is 0.0285. The Labute approximate surface area is 482 Å². The number of aliphatic hydroxyl groups is 1. The highest BCUT2D eigenvalue weighted by atomic mass is 19.1. The summed E-state index contributed by atoms with van der Waals surface area (Å²) in [6, 6.07) is 6.26. The lowest BCUT2D eigenvalue weighted by atomic mass is 9.81. The number of amides is 8. The van der Waals surface area contributed by atoms with Crippen molar-refractivity contribution in [3.8, 4) is 11.4 Å². The van der Waals surface area contributed by atoms with Crippen molar-refractivity contribution in [3.05, 3.63) is 110 Å². The summed E-state index contributed by atoms with van der Waals surface area (Å²) in [5.74, 6) is -11.0. The Bertz CT molecular complexity index is 3530. The van der Waals surface area contributed by atoms with Gasteiger partial charge in [0.05, 0.1) is 54.7 Å². The van der Waals surface area contributed by atoms with Gasteiger partial charge in [0.1, 0.15) is 43.4 Å². The minimum Gasteiger partial charge on any atom is -0.481 e. The van der Waals surface area contributed by atoms with E-state index < -0.39 is 158 Å². The van der Waals surface area contributed by atoms with Gasteiger partial charge in [-0.25, -0.2) is 14.2 Å². The summed E-state index contributed by atoms with van der Waals surface area (Å²) < 4.78 is 28.3. The van der Waals surface area contributed by atoms with Crippen molar-refractivity contribution in [1.29, 1.82) is 0 Å². The molecule has 5 aliphatic rings. The number of carboxylic acid groups (broad SMARTS) is 2. The number of hydrogen-bond acceptors (Lipinski definition) is 17. The molecule has 2 aromatic carbocycles. The van der Waals surface area contributed by atoms with Crippen LogP contribution in [-0.4, -0.2) is 152 Å². The molecule has 5 heterocycles. The number of fused-ring (bicyclic) bond motifs is 5. The fourth-order valence-corrected chi connectivity index (χ4v) is 11.0. The Balaban J connectivity index is 0.795. The van der Waals surface area contributed by atoms with Gasteiger partial charge in [0, 0.05) is 54.1 Å². The summed E-state index contributed by atoms with van der Waals surface area (Å²) in [5, 5.41) is 48.2. The molecule has 28 heteroatoms. The number of imide groups is 1. The third-order valence-corrected chi connectivity index (χ3v) is 15.7. The number of hydrogen-bond donors (Lipinski definition) is 10. The first-order valence-corrected chi connectivity index (χ1v) is 27.5. The van der Waals surface area contributed by atoms with Crippen LogP contribution in [0, 0.1) is 18.7 Å². The lowest BCUT2D eigenvalue weighted by Crippen LogP contribution is -2.57. The van der Waals surface area contributed by atoms with Gasteiger partial charge in [-0.3, -0.25) is 57.6 Å². The average Bonchev–Trinajstić information content (AvgIpc) is 1.79. The lowest BCUT2D eigenvalue weighted by Gasteiger charge is -2.31. The van der Waals surface area contributed by atoms with E-state index in [0.29, 0.717) is 80.7 Å². The number of esters is 1. The van der Waals surface area contributed by atoms with Crippen LogP contribution in [0.3, 0.4) is 0 Å². The van der Waals surface area contributed by atoms with Gasteiger partial charge in [-0.2, -0.15) is 0 Å². The van der Waals surface area contributed by atoms with Gasteiger partial charge in [-0.15, -0.1) is 0 Å². The molecule has 1 saturated carbocycles. The molecule has 2 aliphatic carbocycles. The summed E-state index contributed by atoms with van der Waals surface area (Å²) in [6.45, 7) is -0.229. The molecular weight excluding hydrogens is 1120 g/mol. The smallest absolute Gasteiger partial charge is 0.343 e. The van der Waals surface area contributed by atoms with Gasteiger partial charge in [-0.1, -0.05) is 37.3 Å². The minimum atomic E-state index is -2.08. The molecule has 0 radical (unpaired) electrons. The number of nitrogens with zero attached hydrogens (tertiary/aromatic N) is 3. The Morgan fingerprint density at radius 3 is 2.19 bits per heavy atom. The van der Waals surface area contributed by atoms with Crippen molar-refractivity contribution in [3.63, 3.8) is 0 Å². The normalized spacial score (nSPS) is 18.7. The maximum absolute atomic E-state index is 15.5. The number of carbonyl (C=O) groups is 11. The summed E-state index contributed by atoms with van der Waals surface area (Å²) in [6.07, 6.45) is 1.67. The van der Waals surface area contributed by atoms with E-state index in [2.05, 4.69) is 37.2 Å². The van der Waals surface area contributed by atoms with E-state index in [9.17, 15) is 67.7 Å². The zero-order chi connectivity index (χ0) is 61.0. The molecule has 0 saturated heterocycles. The summed E-state index contributed by atoms with van der Waals surface area (Å²) in [4.78, 5) is 160. The van der Waals surface area contributed by atoms with Crippen LogP contribution in [0.25, 0.3) is 22.3 Å². The zero-order valence-corrected chi connectivity index (χ0v) is 46.0. The van der Waals surface area contributed by atoms with E-state index >= 15 is 4.39 Å². The molecule has 2 aromatic heterocycles. The first-order chi connectivity index (χ1) is 40.6. The molecule has 448 valence electrons. The van der Waals surface area contributed by atoms with Crippen molar-refractivity contribution in [2.45, 2.75) is 114 Å². The van der Waals surface area contributed by atoms with Crippen molar-refractivity contribution >= 4 is 76.1 Å². The number of halogens is 1. The van der Waals surface area contributed by atoms with Crippen LogP contribution in [0.5, 0.6) is 0 Å². The predicted octanol–water partition coefficient (Wildman–Crippen LogP) is -1.22. The molecule has 27 nitrogen and oxygen atoms in total. The Morgan fingerprint density at radius 1 is 0.835 bits per heavy atom. The summed E-state index contributed by atoms with van der Waals surface area (Å²) in [5.41, 5.74) is 1.60. The number of nitrogens with one attached hydrogen (secondary N) is 7. The van der Waals surface area contributed by atoms with E-state index in [4.69, 9.17) is 19.6 Å². The summed E-state index contributed by atoms with van der Waals surface area (Å²) in [7, 11) is 0. The second kappa shape index (κ2) is 25.3. The van der Waals surface area contributed by atoms with Gasteiger partial charge < -0.3 is 66.6 Å². The molecule has 3 aliphatic heterocycles. The maximum Gasteiger partial charge on any atom is 0.343 e. The number of pyridine rings is 2. The predicted molar refractivity (Wildman–Crippen MR) is 291 cm³/mol. The first kappa shape index (κ1) is 60.3. The SMILES string of the molecule is CC[C@@]1(O)C(=O)OCc2c1cc1n(c2=O)Cc2c-1nc1cc(F)c(C)c3c1c2[C@@H](NC(=O)[C@@H](OCNC(=O)CNC(=O)[C@H](Cc1ccccc1)NC(=O)CNC(=O)CNC(=O)[C@H](CN[C@@H](CCC(=O)O)C(=O)O)N1C(=O)C=CC1=O)C1CC1)CC3. The van der Waals surface area contributed by atoms with E-state index in [1.165, 1.54) is 10.6 Å². The number of rotatable bonds is 26. The number of ether oxygens (including phenoxy) is 2. The molecule has 10 N–H and O–H groups in total. The fraction of sp³-hybridized carbons (Fsp3) is 0.421. The number of aryl methyl sites for hydroxylation is 1. The highest BCUT2D eigenvalue weighted by Gasteiger charge is 2.47. The highest BCUT2D eigenvalue weighted by molar-refractivity contribution is 6.15. The molecule has 0 spiro atoms. The van der Waals surface area contributed by atoms with E-state index in [1.807, 2.05) is 0 Å². The van der Waals surface area contributed by atoms with E-state index in [0.717, 1.165) is 12.2 Å². The molecule has 1 fully saturated rings. The average molecular weight is 1180 g/mol. The van der Waals surface area contributed by atoms with Crippen LogP contribution >= 0.6 is 0 Å². The number of aliphatic carboxylic acids is 2.